The van der Waals surface area contributed by atoms with Crippen molar-refractivity contribution in [3.63, 3.8) is 0 Å². The lowest BCUT2D eigenvalue weighted by Gasteiger charge is -2.25. The lowest BCUT2D eigenvalue weighted by atomic mass is 10.2. The van der Waals surface area contributed by atoms with Crippen LogP contribution in [0.4, 0.5) is 0 Å². The molecule has 9 nitrogen and oxygen atoms in total. The molecule has 0 unspecified atom stereocenters. The van der Waals surface area contributed by atoms with E-state index in [-0.39, 0.29) is 5.91 Å². The van der Waals surface area contributed by atoms with Gasteiger partial charge >= 0.3 is 0 Å². The molecule has 10 heteroatoms. The third-order valence-corrected chi connectivity index (χ3v) is 4.61. The summed E-state index contributed by atoms with van der Waals surface area (Å²) in [5, 5.41) is 14.8. The lowest BCUT2D eigenvalue weighted by Crippen LogP contribution is -2.35. The Morgan fingerprint density at radius 1 is 1.42 bits per heavy atom. The molecule has 0 spiro atoms. The number of nitrogens with zero attached hydrogens (tertiary/aromatic N) is 5. The Morgan fingerprint density at radius 2 is 2.25 bits per heavy atom. The second-order valence-electron chi connectivity index (χ2n) is 5.38. The first kappa shape index (κ1) is 16.9. The number of aromatic nitrogens is 4. The molecule has 2 aromatic rings. The summed E-state index contributed by atoms with van der Waals surface area (Å²) in [6.07, 6.45) is 1.50. The highest BCUT2D eigenvalue weighted by Crippen LogP contribution is 2.13. The van der Waals surface area contributed by atoms with Crippen molar-refractivity contribution in [2.24, 2.45) is 7.05 Å². The van der Waals surface area contributed by atoms with Gasteiger partial charge in [-0.05, 0) is 16.5 Å². The number of hydrogen-bond acceptors (Lipinski definition) is 8. The molecule has 1 amide bonds. The number of amides is 1. The Morgan fingerprint density at radius 3 is 3.00 bits per heavy atom. The highest BCUT2D eigenvalue weighted by molar-refractivity contribution is 7.99. The van der Waals surface area contributed by atoms with Crippen LogP contribution in [0.2, 0.25) is 0 Å². The SMILES string of the molecule is Cn1nnnc1SCCNC(=O)c1coc(CN2CCOCC2)c1. The van der Waals surface area contributed by atoms with Gasteiger partial charge in [0.15, 0.2) is 0 Å². The topological polar surface area (TPSA) is 98.3 Å². The quantitative estimate of drug-likeness (QED) is 0.556. The van der Waals surface area contributed by atoms with Crippen LogP contribution < -0.4 is 5.32 Å². The molecule has 24 heavy (non-hydrogen) atoms. The number of tetrazole rings is 1. The van der Waals surface area contributed by atoms with Gasteiger partial charge in [0, 0.05) is 32.4 Å². The zero-order valence-corrected chi connectivity index (χ0v) is 14.3. The minimum Gasteiger partial charge on any atom is -0.467 e. The summed E-state index contributed by atoms with van der Waals surface area (Å²) in [6.45, 7) is 4.48. The second-order valence-corrected chi connectivity index (χ2v) is 6.44. The monoisotopic (exact) mass is 352 g/mol. The number of rotatable bonds is 7. The summed E-state index contributed by atoms with van der Waals surface area (Å²) >= 11 is 1.49. The van der Waals surface area contributed by atoms with Crippen LogP contribution in [-0.2, 0) is 18.3 Å². The fourth-order valence-electron chi connectivity index (χ4n) is 2.31. The van der Waals surface area contributed by atoms with Gasteiger partial charge in [0.1, 0.15) is 12.0 Å². The molecule has 0 atom stereocenters. The average Bonchev–Trinajstić information content (AvgIpc) is 3.22. The van der Waals surface area contributed by atoms with Crippen LogP contribution in [0, 0.1) is 0 Å². The van der Waals surface area contributed by atoms with Gasteiger partial charge in [-0.25, -0.2) is 4.68 Å². The maximum Gasteiger partial charge on any atom is 0.254 e. The van der Waals surface area contributed by atoms with E-state index < -0.39 is 0 Å². The average molecular weight is 352 g/mol. The number of carbonyl (C=O) groups is 1. The van der Waals surface area contributed by atoms with E-state index in [0.29, 0.717) is 24.4 Å². The van der Waals surface area contributed by atoms with Crippen LogP contribution >= 0.6 is 11.8 Å². The third kappa shape index (κ3) is 4.56. The van der Waals surface area contributed by atoms with Crippen LogP contribution in [0.1, 0.15) is 16.1 Å². The number of morpholine rings is 1. The minimum absolute atomic E-state index is 0.135. The molecule has 1 aliphatic rings. The molecule has 0 aliphatic carbocycles. The second kappa shape index (κ2) is 8.27. The van der Waals surface area contributed by atoms with E-state index in [9.17, 15) is 4.79 Å². The molecule has 0 bridgehead atoms. The minimum atomic E-state index is -0.135. The van der Waals surface area contributed by atoms with Crippen molar-refractivity contribution in [3.05, 3.63) is 23.7 Å². The summed E-state index contributed by atoms with van der Waals surface area (Å²) in [7, 11) is 1.78. The zero-order valence-electron chi connectivity index (χ0n) is 13.5. The Hall–Kier alpha value is -1.91. The largest absolute Gasteiger partial charge is 0.467 e. The van der Waals surface area contributed by atoms with Gasteiger partial charge in [-0.2, -0.15) is 0 Å². The molecule has 2 aromatic heterocycles. The van der Waals surface area contributed by atoms with Crippen molar-refractivity contribution in [2.75, 3.05) is 38.6 Å². The number of thioether (sulfide) groups is 1. The Kier molecular flexibility index (Phi) is 5.83. The first-order chi connectivity index (χ1) is 11.7. The summed E-state index contributed by atoms with van der Waals surface area (Å²) in [4.78, 5) is 14.4. The van der Waals surface area contributed by atoms with Gasteiger partial charge in [-0.1, -0.05) is 11.8 Å². The molecular formula is C14H20N6O3S. The molecule has 1 N–H and O–H groups in total. The maximum atomic E-state index is 12.1. The van der Waals surface area contributed by atoms with Crippen molar-refractivity contribution < 1.29 is 13.9 Å². The number of aryl methyl sites for hydroxylation is 1. The lowest BCUT2D eigenvalue weighted by molar-refractivity contribution is 0.0313. The van der Waals surface area contributed by atoms with Crippen LogP contribution in [0.15, 0.2) is 21.9 Å². The third-order valence-electron chi connectivity index (χ3n) is 3.60. The van der Waals surface area contributed by atoms with Gasteiger partial charge in [-0.15, -0.1) is 5.10 Å². The Balaban J connectivity index is 1.41. The number of ether oxygens (including phenoxy) is 1. The van der Waals surface area contributed by atoms with E-state index in [0.717, 1.165) is 37.2 Å². The van der Waals surface area contributed by atoms with Crippen molar-refractivity contribution in [1.29, 1.82) is 0 Å². The van der Waals surface area contributed by atoms with E-state index in [2.05, 4.69) is 25.7 Å². The van der Waals surface area contributed by atoms with Crippen LogP contribution in [0.3, 0.4) is 0 Å². The Bertz CT molecular complexity index is 667. The van der Waals surface area contributed by atoms with Crippen molar-refractivity contribution in [3.8, 4) is 0 Å². The standard InChI is InChI=1S/C14H20N6O3S/c1-19-14(16-17-18-19)24-7-2-15-13(21)11-8-12(23-10-11)9-20-3-5-22-6-4-20/h8,10H,2-7,9H2,1H3,(H,15,21). The van der Waals surface area contributed by atoms with Gasteiger partial charge in [0.2, 0.25) is 5.16 Å². The fourth-order valence-corrected chi connectivity index (χ4v) is 3.02. The fraction of sp³-hybridized carbons (Fsp3) is 0.571. The van der Waals surface area contributed by atoms with E-state index in [1.807, 2.05) is 0 Å². The molecule has 1 fully saturated rings. The van der Waals surface area contributed by atoms with Crippen LogP contribution in [0.25, 0.3) is 0 Å². The molecule has 3 heterocycles. The summed E-state index contributed by atoms with van der Waals surface area (Å²) in [6, 6.07) is 1.80. The molecule has 0 radical (unpaired) electrons. The number of carbonyl (C=O) groups excluding carboxylic acids is 1. The van der Waals surface area contributed by atoms with E-state index in [1.54, 1.807) is 17.8 Å². The zero-order chi connectivity index (χ0) is 16.8. The normalized spacial score (nSPS) is 15.5. The van der Waals surface area contributed by atoms with Gasteiger partial charge in [0.05, 0.1) is 25.3 Å². The molecule has 0 saturated carbocycles. The Labute approximate surface area is 143 Å². The maximum absolute atomic E-state index is 12.1. The summed E-state index contributed by atoms with van der Waals surface area (Å²) < 4.78 is 12.4. The number of furan rings is 1. The van der Waals surface area contributed by atoms with Crippen molar-refractivity contribution in [2.45, 2.75) is 11.7 Å². The number of nitrogens with one attached hydrogen (secondary N) is 1. The van der Waals surface area contributed by atoms with Gasteiger partial charge in [-0.3, -0.25) is 9.69 Å². The van der Waals surface area contributed by atoms with Crippen molar-refractivity contribution >= 4 is 17.7 Å². The number of hydrogen-bond donors (Lipinski definition) is 1. The summed E-state index contributed by atoms with van der Waals surface area (Å²) in [5.74, 6) is 1.35. The van der Waals surface area contributed by atoms with E-state index in [4.69, 9.17) is 9.15 Å². The first-order valence-corrected chi connectivity index (χ1v) is 8.72. The molecule has 1 aliphatic heterocycles. The van der Waals surface area contributed by atoms with Crippen LogP contribution in [0.5, 0.6) is 0 Å². The van der Waals surface area contributed by atoms with E-state index >= 15 is 0 Å². The molecule has 3 rings (SSSR count). The van der Waals surface area contributed by atoms with Crippen molar-refractivity contribution in [1.82, 2.24) is 30.4 Å². The van der Waals surface area contributed by atoms with Gasteiger partial charge in [0.25, 0.3) is 5.91 Å². The highest BCUT2D eigenvalue weighted by Gasteiger charge is 2.15. The highest BCUT2D eigenvalue weighted by atomic mass is 32.2. The molecule has 130 valence electrons. The molecule has 1 saturated heterocycles. The smallest absolute Gasteiger partial charge is 0.254 e. The molecule has 0 aromatic carbocycles. The summed E-state index contributed by atoms with van der Waals surface area (Å²) in [5.41, 5.74) is 0.545. The van der Waals surface area contributed by atoms with Crippen LogP contribution in [-0.4, -0.2) is 69.6 Å². The predicted octanol–water partition coefficient (Wildman–Crippen LogP) is 0.157. The first-order valence-electron chi connectivity index (χ1n) is 7.73. The predicted molar refractivity (Wildman–Crippen MR) is 86.7 cm³/mol. The van der Waals surface area contributed by atoms with Gasteiger partial charge < -0.3 is 14.5 Å². The van der Waals surface area contributed by atoms with E-state index in [1.165, 1.54) is 18.0 Å². The molecular weight excluding hydrogens is 332 g/mol.